The fourth-order valence-corrected chi connectivity index (χ4v) is 5.78. The van der Waals surface area contributed by atoms with Crippen LogP contribution < -0.4 is 0 Å². The molecule has 0 N–H and O–H groups in total. The first-order chi connectivity index (χ1) is 13.3. The number of piperazine rings is 1. The summed E-state index contributed by atoms with van der Waals surface area (Å²) in [5.41, 5.74) is 2.77. The summed E-state index contributed by atoms with van der Waals surface area (Å²) in [6.45, 7) is 6.61. The number of hydrogen-bond acceptors (Lipinski definition) is 6. The molecule has 0 bridgehead atoms. The van der Waals surface area contributed by atoms with Crippen LogP contribution >= 0.6 is 11.8 Å². The summed E-state index contributed by atoms with van der Waals surface area (Å²) in [7, 11) is -3.65. The van der Waals surface area contributed by atoms with Crippen molar-refractivity contribution in [2.45, 2.75) is 31.4 Å². The van der Waals surface area contributed by atoms with Gasteiger partial charge in [0.15, 0.2) is 5.76 Å². The van der Waals surface area contributed by atoms with E-state index >= 15 is 0 Å². The van der Waals surface area contributed by atoms with Crippen LogP contribution in [0.25, 0.3) is 0 Å². The Bertz CT molecular complexity index is 911. The van der Waals surface area contributed by atoms with Crippen LogP contribution in [0.2, 0.25) is 0 Å². The third kappa shape index (κ3) is 4.59. The second kappa shape index (κ2) is 8.67. The highest BCUT2D eigenvalue weighted by molar-refractivity contribution is 7.99. The average Bonchev–Trinajstić information content (AvgIpc) is 3.02. The van der Waals surface area contributed by atoms with Crippen LogP contribution in [0, 0.1) is 20.8 Å². The van der Waals surface area contributed by atoms with E-state index in [1.54, 1.807) is 30.5 Å². The Kier molecular flexibility index (Phi) is 6.47. The third-order valence-corrected chi connectivity index (χ3v) is 7.90. The molecule has 0 radical (unpaired) electrons. The summed E-state index contributed by atoms with van der Waals surface area (Å²) in [6, 6.07) is 8.28. The van der Waals surface area contributed by atoms with Crippen molar-refractivity contribution < 1.29 is 17.7 Å². The standard InChI is InChI=1S/C19H25N3O4S2/c1-14-4-6-17(7-5-14)12-27-13-18(23)21-8-10-22(11-9-21)28(24,25)19-15(2)20-26-16(19)3/h4-7H,8-13H2,1-3H3. The Morgan fingerprint density at radius 1 is 1.11 bits per heavy atom. The van der Waals surface area contributed by atoms with E-state index in [0.29, 0.717) is 30.3 Å². The lowest BCUT2D eigenvalue weighted by Crippen LogP contribution is -2.51. The van der Waals surface area contributed by atoms with Crippen molar-refractivity contribution in [3.05, 3.63) is 46.8 Å². The van der Waals surface area contributed by atoms with Crippen molar-refractivity contribution in [3.63, 3.8) is 0 Å². The van der Waals surface area contributed by atoms with Crippen molar-refractivity contribution in [1.29, 1.82) is 0 Å². The number of sulfonamides is 1. The molecule has 152 valence electrons. The van der Waals surface area contributed by atoms with Gasteiger partial charge >= 0.3 is 0 Å². The molecule has 1 aromatic carbocycles. The van der Waals surface area contributed by atoms with Gasteiger partial charge in [-0.2, -0.15) is 4.31 Å². The van der Waals surface area contributed by atoms with Crippen molar-refractivity contribution >= 4 is 27.7 Å². The van der Waals surface area contributed by atoms with E-state index in [9.17, 15) is 13.2 Å². The van der Waals surface area contributed by atoms with Gasteiger partial charge in [-0.05, 0) is 26.3 Å². The van der Waals surface area contributed by atoms with Crippen molar-refractivity contribution in [2.24, 2.45) is 0 Å². The highest BCUT2D eigenvalue weighted by atomic mass is 32.2. The number of rotatable bonds is 6. The molecule has 1 aromatic heterocycles. The molecule has 0 unspecified atom stereocenters. The summed E-state index contributed by atoms with van der Waals surface area (Å²) in [4.78, 5) is 14.3. The van der Waals surface area contributed by atoms with Crippen molar-refractivity contribution in [3.8, 4) is 0 Å². The number of aryl methyl sites for hydroxylation is 3. The number of amides is 1. The molecule has 0 saturated carbocycles. The molecular formula is C19H25N3O4S2. The number of carbonyl (C=O) groups excluding carboxylic acids is 1. The van der Waals surface area contributed by atoms with Gasteiger partial charge < -0.3 is 9.42 Å². The van der Waals surface area contributed by atoms with Gasteiger partial charge in [-0.3, -0.25) is 4.79 Å². The molecule has 0 aliphatic carbocycles. The minimum absolute atomic E-state index is 0.0477. The molecule has 0 spiro atoms. The SMILES string of the molecule is Cc1ccc(CSCC(=O)N2CCN(S(=O)(=O)c3c(C)noc3C)CC2)cc1. The lowest BCUT2D eigenvalue weighted by atomic mass is 10.2. The van der Waals surface area contributed by atoms with Gasteiger partial charge in [0.25, 0.3) is 0 Å². The van der Waals surface area contributed by atoms with E-state index in [-0.39, 0.29) is 23.9 Å². The number of thioether (sulfide) groups is 1. The fourth-order valence-electron chi connectivity index (χ4n) is 3.18. The van der Waals surface area contributed by atoms with Crippen LogP contribution in [-0.4, -0.2) is 60.6 Å². The summed E-state index contributed by atoms with van der Waals surface area (Å²) < 4.78 is 32.1. The van der Waals surface area contributed by atoms with Gasteiger partial charge in [-0.15, -0.1) is 11.8 Å². The maximum Gasteiger partial charge on any atom is 0.248 e. The largest absolute Gasteiger partial charge is 0.360 e. The van der Waals surface area contributed by atoms with Crippen LogP contribution in [0.5, 0.6) is 0 Å². The smallest absolute Gasteiger partial charge is 0.248 e. The zero-order valence-corrected chi connectivity index (χ0v) is 18.0. The summed E-state index contributed by atoms with van der Waals surface area (Å²) >= 11 is 1.58. The van der Waals surface area contributed by atoms with Gasteiger partial charge in [0, 0.05) is 31.9 Å². The first-order valence-electron chi connectivity index (χ1n) is 9.13. The molecule has 0 atom stereocenters. The molecule has 1 amide bonds. The van der Waals surface area contributed by atoms with E-state index in [1.807, 2.05) is 6.92 Å². The highest BCUT2D eigenvalue weighted by Crippen LogP contribution is 2.24. The zero-order valence-electron chi connectivity index (χ0n) is 16.3. The first kappa shape index (κ1) is 20.9. The van der Waals surface area contributed by atoms with E-state index in [2.05, 4.69) is 29.4 Å². The predicted octanol–water partition coefficient (Wildman–Crippen LogP) is 2.37. The molecule has 2 aromatic rings. The molecule has 9 heteroatoms. The highest BCUT2D eigenvalue weighted by Gasteiger charge is 2.34. The van der Waals surface area contributed by atoms with Crippen LogP contribution in [0.4, 0.5) is 0 Å². The zero-order chi connectivity index (χ0) is 20.3. The lowest BCUT2D eigenvalue weighted by Gasteiger charge is -2.33. The van der Waals surface area contributed by atoms with E-state index in [0.717, 1.165) is 5.75 Å². The van der Waals surface area contributed by atoms with Crippen LogP contribution in [0.15, 0.2) is 33.7 Å². The quantitative estimate of drug-likeness (QED) is 0.709. The molecule has 1 fully saturated rings. The molecular weight excluding hydrogens is 398 g/mol. The predicted molar refractivity (Wildman–Crippen MR) is 109 cm³/mol. The van der Waals surface area contributed by atoms with Crippen LogP contribution in [0.3, 0.4) is 0 Å². The van der Waals surface area contributed by atoms with Crippen molar-refractivity contribution in [1.82, 2.24) is 14.4 Å². The van der Waals surface area contributed by atoms with E-state index < -0.39 is 10.0 Å². The molecule has 3 rings (SSSR count). The second-order valence-electron chi connectivity index (χ2n) is 6.92. The number of benzene rings is 1. The normalized spacial score (nSPS) is 15.8. The van der Waals surface area contributed by atoms with Gasteiger partial charge in [0.1, 0.15) is 10.6 Å². The molecule has 2 heterocycles. The Hall–Kier alpha value is -1.84. The fraction of sp³-hybridized carbons (Fsp3) is 0.474. The minimum atomic E-state index is -3.65. The summed E-state index contributed by atoms with van der Waals surface area (Å²) in [6.07, 6.45) is 0. The second-order valence-corrected chi connectivity index (χ2v) is 9.78. The average molecular weight is 424 g/mol. The van der Waals surface area contributed by atoms with Crippen LogP contribution in [0.1, 0.15) is 22.6 Å². The number of carbonyl (C=O) groups is 1. The maximum atomic E-state index is 12.8. The van der Waals surface area contributed by atoms with Gasteiger partial charge in [0.05, 0.1) is 5.75 Å². The first-order valence-corrected chi connectivity index (χ1v) is 11.7. The molecule has 28 heavy (non-hydrogen) atoms. The molecule has 1 aliphatic rings. The number of nitrogens with zero attached hydrogens (tertiary/aromatic N) is 3. The lowest BCUT2D eigenvalue weighted by molar-refractivity contribution is -0.129. The minimum Gasteiger partial charge on any atom is -0.360 e. The topological polar surface area (TPSA) is 83.7 Å². The molecule has 7 nitrogen and oxygen atoms in total. The summed E-state index contributed by atoms with van der Waals surface area (Å²) in [5.74, 6) is 1.52. The molecule has 1 aliphatic heterocycles. The van der Waals surface area contributed by atoms with Crippen molar-refractivity contribution in [2.75, 3.05) is 31.9 Å². The third-order valence-electron chi connectivity index (χ3n) is 4.77. The maximum absolute atomic E-state index is 12.8. The van der Waals surface area contributed by atoms with Crippen LogP contribution in [-0.2, 0) is 20.6 Å². The van der Waals surface area contributed by atoms with E-state index in [4.69, 9.17) is 4.52 Å². The summed E-state index contributed by atoms with van der Waals surface area (Å²) in [5, 5.41) is 3.74. The monoisotopic (exact) mass is 423 g/mol. The Morgan fingerprint density at radius 2 is 1.75 bits per heavy atom. The van der Waals surface area contributed by atoms with Gasteiger partial charge in [0.2, 0.25) is 15.9 Å². The Morgan fingerprint density at radius 3 is 2.32 bits per heavy atom. The Balaban J connectivity index is 1.50. The van der Waals surface area contributed by atoms with Gasteiger partial charge in [-0.1, -0.05) is 35.0 Å². The Labute approximate surface area is 170 Å². The number of hydrogen-bond donors (Lipinski definition) is 0. The van der Waals surface area contributed by atoms with Gasteiger partial charge in [-0.25, -0.2) is 8.42 Å². The number of aromatic nitrogens is 1. The van der Waals surface area contributed by atoms with E-state index in [1.165, 1.54) is 15.4 Å². The molecule has 1 saturated heterocycles.